The summed E-state index contributed by atoms with van der Waals surface area (Å²) in [5.41, 5.74) is 6.52. The fourth-order valence-corrected chi connectivity index (χ4v) is 3.55. The molecule has 2 rings (SSSR count). The number of nitrogens with two attached hydrogens (primary N) is 1. The molecule has 18 heavy (non-hydrogen) atoms. The minimum atomic E-state index is -3.36. The molecular formula is C13H20N2O2S. The van der Waals surface area contributed by atoms with E-state index >= 15 is 0 Å². The first kappa shape index (κ1) is 13.5. The number of hydrogen-bond donors (Lipinski definition) is 2. The molecule has 5 heteroatoms. The highest BCUT2D eigenvalue weighted by molar-refractivity contribution is 7.89. The normalized spacial score (nSPS) is 23.7. The molecule has 1 aliphatic carbocycles. The molecule has 3 N–H and O–H groups in total. The van der Waals surface area contributed by atoms with E-state index in [9.17, 15) is 8.42 Å². The van der Waals surface area contributed by atoms with Crippen molar-refractivity contribution in [1.29, 1.82) is 0 Å². The average Bonchev–Trinajstić information content (AvgIpc) is 2.28. The molecule has 0 unspecified atom stereocenters. The average molecular weight is 268 g/mol. The Kier molecular flexibility index (Phi) is 4.04. The van der Waals surface area contributed by atoms with Crippen LogP contribution in [0.3, 0.4) is 0 Å². The van der Waals surface area contributed by atoms with Gasteiger partial charge in [-0.15, -0.1) is 0 Å². The molecule has 1 aliphatic rings. The maximum absolute atomic E-state index is 12.1. The van der Waals surface area contributed by atoms with Gasteiger partial charge in [0.2, 0.25) is 10.0 Å². The van der Waals surface area contributed by atoms with Crippen LogP contribution in [-0.2, 0) is 16.4 Å². The van der Waals surface area contributed by atoms with E-state index in [4.69, 9.17) is 5.73 Å². The third-order valence-electron chi connectivity index (χ3n) is 3.36. The zero-order chi connectivity index (χ0) is 13.2. The number of hydrogen-bond acceptors (Lipinski definition) is 3. The summed E-state index contributed by atoms with van der Waals surface area (Å²) in [6.07, 6.45) is 2.64. The van der Waals surface area contributed by atoms with Gasteiger partial charge in [0.05, 0.1) is 4.90 Å². The van der Waals surface area contributed by atoms with Crippen LogP contribution in [0, 0.1) is 5.92 Å². The van der Waals surface area contributed by atoms with Crippen molar-refractivity contribution in [2.24, 2.45) is 11.7 Å². The summed E-state index contributed by atoms with van der Waals surface area (Å²) in [5.74, 6) is 0.629. The van der Waals surface area contributed by atoms with Crippen LogP contribution in [0.2, 0.25) is 0 Å². The Hall–Kier alpha value is -0.910. The summed E-state index contributed by atoms with van der Waals surface area (Å²) < 4.78 is 26.9. The van der Waals surface area contributed by atoms with Crippen molar-refractivity contribution in [2.75, 3.05) is 6.54 Å². The fourth-order valence-electron chi connectivity index (χ4n) is 2.29. The van der Waals surface area contributed by atoms with Gasteiger partial charge in [-0.1, -0.05) is 19.1 Å². The van der Waals surface area contributed by atoms with Crippen LogP contribution in [0.25, 0.3) is 0 Å². The van der Waals surface area contributed by atoms with Gasteiger partial charge in [0.25, 0.3) is 0 Å². The van der Waals surface area contributed by atoms with Gasteiger partial charge in [0.1, 0.15) is 0 Å². The minimum absolute atomic E-state index is 0.105. The van der Waals surface area contributed by atoms with E-state index in [1.165, 1.54) is 0 Å². The first-order valence-electron chi connectivity index (χ1n) is 6.32. The quantitative estimate of drug-likeness (QED) is 0.844. The Morgan fingerprint density at radius 1 is 1.28 bits per heavy atom. The van der Waals surface area contributed by atoms with Gasteiger partial charge in [-0.2, -0.15) is 0 Å². The fraction of sp³-hybridized carbons (Fsp3) is 0.538. The number of sulfonamides is 1. The standard InChI is InChI=1S/C13H20N2O2S/c1-10-8-12(9-10)15-18(16,17)13-4-2-11(3-5-13)6-7-14/h2-5,10,12,15H,6-9,14H2,1H3. The van der Waals surface area contributed by atoms with Crippen molar-refractivity contribution in [2.45, 2.75) is 37.1 Å². The van der Waals surface area contributed by atoms with Crippen LogP contribution in [0.4, 0.5) is 0 Å². The highest BCUT2D eigenvalue weighted by Crippen LogP contribution is 2.27. The SMILES string of the molecule is CC1CC(NS(=O)(=O)c2ccc(CCN)cc2)C1. The van der Waals surface area contributed by atoms with Crippen molar-refractivity contribution in [3.8, 4) is 0 Å². The second-order valence-electron chi connectivity index (χ2n) is 5.08. The lowest BCUT2D eigenvalue weighted by atomic mass is 9.83. The van der Waals surface area contributed by atoms with E-state index < -0.39 is 10.0 Å². The van der Waals surface area contributed by atoms with Crippen LogP contribution in [-0.4, -0.2) is 21.0 Å². The van der Waals surface area contributed by atoms with E-state index in [2.05, 4.69) is 11.6 Å². The molecule has 0 bridgehead atoms. The first-order valence-corrected chi connectivity index (χ1v) is 7.81. The van der Waals surface area contributed by atoms with E-state index in [0.717, 1.165) is 24.8 Å². The van der Waals surface area contributed by atoms with Gasteiger partial charge in [-0.3, -0.25) is 0 Å². The molecule has 0 atom stereocenters. The molecule has 0 aliphatic heterocycles. The number of benzene rings is 1. The molecule has 0 heterocycles. The maximum Gasteiger partial charge on any atom is 0.240 e. The molecule has 0 spiro atoms. The van der Waals surface area contributed by atoms with Crippen molar-refractivity contribution in [3.05, 3.63) is 29.8 Å². The number of nitrogens with one attached hydrogen (secondary N) is 1. The van der Waals surface area contributed by atoms with Crippen molar-refractivity contribution < 1.29 is 8.42 Å². The third kappa shape index (κ3) is 3.10. The Labute approximate surface area is 109 Å². The van der Waals surface area contributed by atoms with Crippen molar-refractivity contribution in [3.63, 3.8) is 0 Å². The Bertz CT molecular complexity index is 490. The van der Waals surface area contributed by atoms with Crippen LogP contribution >= 0.6 is 0 Å². The van der Waals surface area contributed by atoms with Gasteiger partial charge in [-0.05, 0) is 49.4 Å². The van der Waals surface area contributed by atoms with Crippen molar-refractivity contribution in [1.82, 2.24) is 4.72 Å². The van der Waals surface area contributed by atoms with Gasteiger partial charge < -0.3 is 5.73 Å². The predicted octanol–water partition coefficient (Wildman–Crippen LogP) is 1.26. The van der Waals surface area contributed by atoms with E-state index in [1.54, 1.807) is 12.1 Å². The summed E-state index contributed by atoms with van der Waals surface area (Å²) in [7, 11) is -3.36. The van der Waals surface area contributed by atoms with Crippen molar-refractivity contribution >= 4 is 10.0 Å². The van der Waals surface area contributed by atoms with Gasteiger partial charge in [-0.25, -0.2) is 13.1 Å². The third-order valence-corrected chi connectivity index (χ3v) is 4.90. The Morgan fingerprint density at radius 2 is 1.89 bits per heavy atom. The lowest BCUT2D eigenvalue weighted by Crippen LogP contribution is -2.43. The van der Waals surface area contributed by atoms with Gasteiger partial charge >= 0.3 is 0 Å². The van der Waals surface area contributed by atoms with Crippen LogP contribution in [0.15, 0.2) is 29.2 Å². The summed E-state index contributed by atoms with van der Waals surface area (Å²) in [4.78, 5) is 0.336. The second-order valence-corrected chi connectivity index (χ2v) is 6.79. The monoisotopic (exact) mass is 268 g/mol. The minimum Gasteiger partial charge on any atom is -0.330 e. The molecule has 1 aromatic rings. The second kappa shape index (κ2) is 5.38. The van der Waals surface area contributed by atoms with Crippen LogP contribution in [0.1, 0.15) is 25.3 Å². The molecule has 1 saturated carbocycles. The smallest absolute Gasteiger partial charge is 0.240 e. The lowest BCUT2D eigenvalue weighted by Gasteiger charge is -2.32. The van der Waals surface area contributed by atoms with Crippen LogP contribution < -0.4 is 10.5 Å². The Morgan fingerprint density at radius 3 is 2.39 bits per heavy atom. The summed E-state index contributed by atoms with van der Waals surface area (Å²) in [6.45, 7) is 2.71. The van der Waals surface area contributed by atoms with E-state index in [0.29, 0.717) is 17.4 Å². The maximum atomic E-state index is 12.1. The summed E-state index contributed by atoms with van der Waals surface area (Å²) in [5, 5.41) is 0. The molecule has 1 fully saturated rings. The summed E-state index contributed by atoms with van der Waals surface area (Å²) >= 11 is 0. The summed E-state index contributed by atoms with van der Waals surface area (Å²) in [6, 6.07) is 7.05. The predicted molar refractivity (Wildman–Crippen MR) is 71.7 cm³/mol. The van der Waals surface area contributed by atoms with Gasteiger partial charge in [0.15, 0.2) is 0 Å². The zero-order valence-corrected chi connectivity index (χ0v) is 11.4. The number of rotatable bonds is 5. The van der Waals surface area contributed by atoms with E-state index in [-0.39, 0.29) is 6.04 Å². The molecule has 0 radical (unpaired) electrons. The molecule has 0 amide bonds. The highest BCUT2D eigenvalue weighted by atomic mass is 32.2. The molecule has 0 saturated heterocycles. The molecular weight excluding hydrogens is 248 g/mol. The van der Waals surface area contributed by atoms with Gasteiger partial charge in [0, 0.05) is 6.04 Å². The Balaban J connectivity index is 2.04. The molecule has 100 valence electrons. The molecule has 4 nitrogen and oxygen atoms in total. The zero-order valence-electron chi connectivity index (χ0n) is 10.6. The molecule has 1 aromatic carbocycles. The first-order chi connectivity index (χ1) is 8.51. The van der Waals surface area contributed by atoms with E-state index in [1.807, 2.05) is 12.1 Å². The highest BCUT2D eigenvalue weighted by Gasteiger charge is 2.29. The lowest BCUT2D eigenvalue weighted by molar-refractivity contribution is 0.270. The largest absolute Gasteiger partial charge is 0.330 e. The molecule has 0 aromatic heterocycles. The van der Waals surface area contributed by atoms with Crippen LogP contribution in [0.5, 0.6) is 0 Å². The topological polar surface area (TPSA) is 72.2 Å².